The molecule has 94 valence electrons. The van der Waals surface area contributed by atoms with E-state index >= 15 is 0 Å². The minimum Gasteiger partial charge on any atom is -0.372 e. The van der Waals surface area contributed by atoms with Crippen LogP contribution in [0.2, 0.25) is 5.02 Å². The number of anilines is 1. The maximum atomic E-state index is 12.2. The molecule has 0 spiro atoms. The van der Waals surface area contributed by atoms with E-state index in [-0.39, 0.29) is 10.7 Å². The third-order valence-electron chi connectivity index (χ3n) is 2.52. The predicted molar refractivity (Wildman–Crippen MR) is 70.5 cm³/mol. The van der Waals surface area contributed by atoms with E-state index in [0.29, 0.717) is 10.7 Å². The highest BCUT2D eigenvalue weighted by Crippen LogP contribution is 2.31. The van der Waals surface area contributed by atoms with E-state index in [1.54, 1.807) is 38.4 Å². The summed E-state index contributed by atoms with van der Waals surface area (Å²) < 4.78 is 0. The fourth-order valence-electron chi connectivity index (χ4n) is 1.73. The summed E-state index contributed by atoms with van der Waals surface area (Å²) in [6.45, 7) is 0. The van der Waals surface area contributed by atoms with Crippen LogP contribution in [0.15, 0.2) is 35.0 Å². The first kappa shape index (κ1) is 12.9. The molecule has 0 saturated heterocycles. The number of carbonyl (C=O) groups excluding carboxylic acids is 2. The van der Waals surface area contributed by atoms with Gasteiger partial charge in [0.15, 0.2) is 0 Å². The van der Waals surface area contributed by atoms with Crippen LogP contribution in [0.3, 0.4) is 0 Å². The van der Waals surface area contributed by atoms with Crippen molar-refractivity contribution in [1.82, 2.24) is 4.90 Å². The molecule has 0 bridgehead atoms. The molecule has 1 heterocycles. The van der Waals surface area contributed by atoms with Crippen LogP contribution >= 0.6 is 23.2 Å². The van der Waals surface area contributed by atoms with Gasteiger partial charge in [-0.1, -0.05) is 29.3 Å². The van der Waals surface area contributed by atoms with Gasteiger partial charge in [-0.15, -0.1) is 0 Å². The van der Waals surface area contributed by atoms with Crippen molar-refractivity contribution < 1.29 is 9.59 Å². The maximum Gasteiger partial charge on any atom is 0.283 e. The number of rotatable bonds is 2. The summed E-state index contributed by atoms with van der Waals surface area (Å²) in [5.74, 6) is -0.982. The van der Waals surface area contributed by atoms with Crippen molar-refractivity contribution in [1.29, 1.82) is 0 Å². The lowest BCUT2D eigenvalue weighted by Gasteiger charge is -2.17. The monoisotopic (exact) mass is 284 g/mol. The van der Waals surface area contributed by atoms with Gasteiger partial charge >= 0.3 is 0 Å². The number of carbonyl (C=O) groups is 2. The topological polar surface area (TPSA) is 40.6 Å². The molecule has 4 nitrogen and oxygen atoms in total. The highest BCUT2D eigenvalue weighted by Gasteiger charge is 2.39. The van der Waals surface area contributed by atoms with Gasteiger partial charge in [0, 0.05) is 19.1 Å². The van der Waals surface area contributed by atoms with Crippen molar-refractivity contribution in [2.24, 2.45) is 0 Å². The second kappa shape index (κ2) is 4.63. The molecule has 0 radical (unpaired) electrons. The van der Waals surface area contributed by atoms with Crippen LogP contribution in [0.4, 0.5) is 5.69 Å². The maximum absolute atomic E-state index is 12.2. The Balaban J connectivity index is 2.46. The van der Waals surface area contributed by atoms with Crippen molar-refractivity contribution in [2.45, 2.75) is 0 Å². The van der Waals surface area contributed by atoms with Crippen molar-refractivity contribution in [3.8, 4) is 0 Å². The molecule has 0 aromatic heterocycles. The lowest BCUT2D eigenvalue weighted by Crippen LogP contribution is -2.33. The van der Waals surface area contributed by atoms with E-state index in [1.165, 1.54) is 4.90 Å². The molecule has 1 aromatic carbocycles. The van der Waals surface area contributed by atoms with E-state index in [9.17, 15) is 9.59 Å². The van der Waals surface area contributed by atoms with Crippen molar-refractivity contribution in [3.63, 3.8) is 0 Å². The summed E-state index contributed by atoms with van der Waals surface area (Å²) in [5, 5.41) is 0.368. The third-order valence-corrected chi connectivity index (χ3v) is 3.09. The van der Waals surface area contributed by atoms with E-state index in [2.05, 4.69) is 0 Å². The number of nitrogens with zero attached hydrogens (tertiary/aromatic N) is 2. The molecule has 1 aliphatic rings. The molecule has 0 fully saturated rings. The lowest BCUT2D eigenvalue weighted by atomic mass is 10.3. The van der Waals surface area contributed by atoms with E-state index in [1.807, 2.05) is 0 Å². The van der Waals surface area contributed by atoms with Crippen LogP contribution in [-0.4, -0.2) is 30.8 Å². The minimum absolute atomic E-state index is 0.0787. The first-order chi connectivity index (χ1) is 8.43. The third kappa shape index (κ3) is 1.98. The Morgan fingerprint density at radius 3 is 2.28 bits per heavy atom. The molecule has 0 unspecified atom stereocenters. The van der Waals surface area contributed by atoms with E-state index in [4.69, 9.17) is 23.2 Å². The Morgan fingerprint density at radius 2 is 1.78 bits per heavy atom. The zero-order valence-electron chi connectivity index (χ0n) is 9.78. The smallest absolute Gasteiger partial charge is 0.283 e. The molecule has 0 N–H and O–H groups in total. The van der Waals surface area contributed by atoms with Crippen molar-refractivity contribution in [3.05, 3.63) is 40.0 Å². The van der Waals surface area contributed by atoms with E-state index in [0.717, 1.165) is 4.90 Å². The van der Waals surface area contributed by atoms with Gasteiger partial charge in [-0.25, -0.2) is 4.90 Å². The summed E-state index contributed by atoms with van der Waals surface area (Å²) in [7, 11) is 3.31. The summed E-state index contributed by atoms with van der Waals surface area (Å²) in [6, 6.07) is 6.50. The highest BCUT2D eigenvalue weighted by atomic mass is 35.5. The fraction of sp³-hybridized carbons (Fsp3) is 0.167. The largest absolute Gasteiger partial charge is 0.372 e. The molecule has 2 rings (SSSR count). The summed E-state index contributed by atoms with van der Waals surface area (Å²) in [5.41, 5.74) is 0.592. The molecular formula is C12H10Cl2N2O2. The molecule has 1 aliphatic heterocycles. The highest BCUT2D eigenvalue weighted by molar-refractivity contribution is 6.52. The van der Waals surface area contributed by atoms with Crippen molar-refractivity contribution >= 4 is 40.7 Å². The minimum atomic E-state index is -0.535. The number of likely N-dealkylation sites (N-methyl/N-ethyl adjacent to an activating group) is 1. The molecule has 0 aliphatic carbocycles. The quantitative estimate of drug-likeness (QED) is 0.782. The number of halogens is 2. The number of hydrogen-bond donors (Lipinski definition) is 0. The van der Waals surface area contributed by atoms with Gasteiger partial charge in [-0.05, 0) is 18.2 Å². The van der Waals surface area contributed by atoms with Gasteiger partial charge in [-0.2, -0.15) is 0 Å². The molecule has 18 heavy (non-hydrogen) atoms. The normalized spacial score (nSPS) is 15.7. The van der Waals surface area contributed by atoms with Gasteiger partial charge in [0.25, 0.3) is 11.8 Å². The van der Waals surface area contributed by atoms with Gasteiger partial charge in [-0.3, -0.25) is 9.59 Å². The van der Waals surface area contributed by atoms with Gasteiger partial charge in [0.1, 0.15) is 10.7 Å². The summed E-state index contributed by atoms with van der Waals surface area (Å²) in [6.07, 6.45) is 0. The Bertz CT molecular complexity index is 567. The molecule has 2 amide bonds. The average molecular weight is 285 g/mol. The first-order valence-corrected chi connectivity index (χ1v) is 5.90. The summed E-state index contributed by atoms with van der Waals surface area (Å²) >= 11 is 11.7. The number of imide groups is 1. The van der Waals surface area contributed by atoms with Crippen LogP contribution in [0, 0.1) is 0 Å². The Hall–Kier alpha value is -1.52. The van der Waals surface area contributed by atoms with Crippen LogP contribution in [0.5, 0.6) is 0 Å². The van der Waals surface area contributed by atoms with Crippen LogP contribution < -0.4 is 4.90 Å². The number of benzene rings is 1. The SMILES string of the molecule is CN(C)C1=C(Cl)C(=O)N(c2cccc(Cl)c2)C1=O. The van der Waals surface area contributed by atoms with Crippen LogP contribution in [0.1, 0.15) is 0 Å². The molecule has 0 saturated carbocycles. The standard InChI is InChI=1S/C12H10Cl2N2O2/c1-15(2)10-9(14)11(17)16(12(10)18)8-5-3-4-7(13)6-8/h3-6H,1-2H3. The van der Waals surface area contributed by atoms with Gasteiger partial charge < -0.3 is 4.90 Å². The second-order valence-electron chi connectivity index (χ2n) is 3.98. The molecule has 0 atom stereocenters. The Morgan fingerprint density at radius 1 is 1.11 bits per heavy atom. The lowest BCUT2D eigenvalue weighted by molar-refractivity contribution is -0.120. The van der Waals surface area contributed by atoms with Gasteiger partial charge in [0.2, 0.25) is 0 Å². The number of hydrogen-bond acceptors (Lipinski definition) is 3. The Kier molecular flexibility index (Phi) is 3.32. The number of amides is 2. The molecule has 6 heteroatoms. The van der Waals surface area contributed by atoms with Crippen molar-refractivity contribution in [2.75, 3.05) is 19.0 Å². The Labute approximate surface area is 114 Å². The average Bonchev–Trinajstić information content (AvgIpc) is 2.50. The van der Waals surface area contributed by atoms with Crippen LogP contribution in [0.25, 0.3) is 0 Å². The van der Waals surface area contributed by atoms with Crippen LogP contribution in [-0.2, 0) is 9.59 Å². The van der Waals surface area contributed by atoms with Gasteiger partial charge in [0.05, 0.1) is 5.69 Å². The summed E-state index contributed by atoms with van der Waals surface area (Å²) in [4.78, 5) is 26.7. The van der Waals surface area contributed by atoms with E-state index < -0.39 is 11.8 Å². The zero-order chi connectivity index (χ0) is 13.4. The fourth-order valence-corrected chi connectivity index (χ4v) is 2.25. The second-order valence-corrected chi connectivity index (χ2v) is 4.80. The predicted octanol–water partition coefficient (Wildman–Crippen LogP) is 2.23. The zero-order valence-corrected chi connectivity index (χ0v) is 11.3. The first-order valence-electron chi connectivity index (χ1n) is 5.15. The molecular weight excluding hydrogens is 275 g/mol. The molecule has 1 aromatic rings.